The Kier molecular flexibility index (Phi) is 5.09. The number of hydrogen-bond acceptors (Lipinski definition) is 4. The van der Waals surface area contributed by atoms with E-state index < -0.39 is 0 Å². The van der Waals surface area contributed by atoms with E-state index in [4.69, 9.17) is 9.47 Å². The van der Waals surface area contributed by atoms with Gasteiger partial charge in [-0.3, -0.25) is 5.10 Å². The first-order valence-electron chi connectivity index (χ1n) is 7.61. The lowest BCUT2D eigenvalue weighted by molar-refractivity contribution is 0.350. The lowest BCUT2D eigenvalue weighted by Gasteiger charge is -2.11. The van der Waals surface area contributed by atoms with Gasteiger partial charge in [0, 0.05) is 11.6 Å². The van der Waals surface area contributed by atoms with E-state index in [0.29, 0.717) is 35.1 Å². The summed E-state index contributed by atoms with van der Waals surface area (Å²) >= 11 is 3.45. The molecule has 1 aromatic heterocycles. The summed E-state index contributed by atoms with van der Waals surface area (Å²) in [6.07, 6.45) is 1.57. The van der Waals surface area contributed by atoms with Crippen molar-refractivity contribution >= 4 is 15.9 Å². The molecule has 0 bridgehead atoms. The minimum Gasteiger partial charge on any atom is -0.507 e. The molecule has 0 amide bonds. The highest BCUT2D eigenvalue weighted by Crippen LogP contribution is 2.39. The van der Waals surface area contributed by atoms with Crippen molar-refractivity contribution in [2.75, 3.05) is 6.61 Å². The van der Waals surface area contributed by atoms with Crippen molar-refractivity contribution in [3.05, 3.63) is 65.3 Å². The summed E-state index contributed by atoms with van der Waals surface area (Å²) in [6.45, 7) is 6.07. The Morgan fingerprint density at radius 1 is 1.24 bits per heavy atom. The van der Waals surface area contributed by atoms with Gasteiger partial charge in [0.2, 0.25) is 0 Å². The summed E-state index contributed by atoms with van der Waals surface area (Å²) in [7, 11) is 0. The molecular weight excluding hydrogens is 384 g/mol. The fraction of sp³-hybridized carbons (Fsp3) is 0.105. The zero-order chi connectivity index (χ0) is 17.8. The zero-order valence-electron chi connectivity index (χ0n) is 13.6. The maximum atomic E-state index is 10.4. The summed E-state index contributed by atoms with van der Waals surface area (Å²) in [5, 5.41) is 17.3. The molecule has 0 aliphatic carbocycles. The van der Waals surface area contributed by atoms with Crippen LogP contribution in [-0.2, 0) is 0 Å². The monoisotopic (exact) mass is 400 g/mol. The van der Waals surface area contributed by atoms with Crippen molar-refractivity contribution in [3.63, 3.8) is 0 Å². The fourth-order valence-corrected chi connectivity index (χ4v) is 2.58. The number of nitrogens with one attached hydrogen (secondary N) is 1. The van der Waals surface area contributed by atoms with Crippen LogP contribution in [0.25, 0.3) is 11.3 Å². The number of aromatic amines is 1. The maximum absolute atomic E-state index is 10.4. The van der Waals surface area contributed by atoms with Gasteiger partial charge in [-0.15, -0.1) is 0 Å². The van der Waals surface area contributed by atoms with Gasteiger partial charge in [0.25, 0.3) is 0 Å². The van der Waals surface area contributed by atoms with Crippen LogP contribution in [-0.4, -0.2) is 21.9 Å². The number of benzene rings is 2. The number of halogens is 1. The van der Waals surface area contributed by atoms with E-state index in [0.717, 1.165) is 10.0 Å². The van der Waals surface area contributed by atoms with Crippen LogP contribution in [0.5, 0.6) is 23.0 Å². The molecule has 2 aromatic carbocycles. The Bertz CT molecular complexity index is 905. The lowest BCUT2D eigenvalue weighted by Crippen LogP contribution is -1.97. The van der Waals surface area contributed by atoms with Gasteiger partial charge in [0.1, 0.15) is 29.5 Å². The average Bonchev–Trinajstić information content (AvgIpc) is 3.03. The molecule has 0 radical (unpaired) electrons. The molecule has 0 saturated carbocycles. The number of ether oxygens (including phenoxy) is 2. The molecule has 6 heteroatoms. The van der Waals surface area contributed by atoms with Crippen LogP contribution in [0.2, 0.25) is 0 Å². The minimum atomic E-state index is 0.0699. The number of para-hydroxylation sites is 1. The largest absolute Gasteiger partial charge is 0.507 e. The van der Waals surface area contributed by atoms with Gasteiger partial charge in [0.15, 0.2) is 5.75 Å². The second-order valence-electron chi connectivity index (χ2n) is 5.57. The SMILES string of the molecule is C=C(C)COc1ccc(-c2[nH]ncc2Oc2ccccc2Br)c(O)c1. The predicted octanol–water partition coefficient (Wildman–Crippen LogP) is 5.29. The molecule has 0 spiro atoms. The minimum absolute atomic E-state index is 0.0699. The van der Waals surface area contributed by atoms with Crippen molar-refractivity contribution < 1.29 is 14.6 Å². The predicted molar refractivity (Wildman–Crippen MR) is 100 cm³/mol. The van der Waals surface area contributed by atoms with Crippen molar-refractivity contribution in [1.82, 2.24) is 10.2 Å². The molecule has 0 aliphatic rings. The standard InChI is InChI=1S/C19H17BrN2O3/c1-12(2)11-24-13-7-8-14(16(23)9-13)19-18(10-21-22-19)25-17-6-4-3-5-15(17)20/h3-10,23H,1,11H2,2H3,(H,21,22). The molecule has 0 atom stereocenters. The van der Waals surface area contributed by atoms with E-state index in [-0.39, 0.29) is 5.75 Å². The van der Waals surface area contributed by atoms with E-state index in [1.165, 1.54) is 0 Å². The topological polar surface area (TPSA) is 67.4 Å². The number of phenols is 1. The highest BCUT2D eigenvalue weighted by molar-refractivity contribution is 9.10. The average molecular weight is 401 g/mol. The number of phenolic OH excluding ortho intramolecular Hbond substituents is 1. The van der Waals surface area contributed by atoms with Gasteiger partial charge >= 0.3 is 0 Å². The number of aromatic hydroxyl groups is 1. The molecule has 3 aromatic rings. The molecular formula is C19H17BrN2O3. The number of H-pyrrole nitrogens is 1. The fourth-order valence-electron chi connectivity index (χ4n) is 2.21. The Balaban J connectivity index is 1.87. The first kappa shape index (κ1) is 17.1. The van der Waals surface area contributed by atoms with Crippen LogP contribution in [0.15, 0.2) is 65.3 Å². The van der Waals surface area contributed by atoms with Crippen LogP contribution < -0.4 is 9.47 Å². The number of aromatic nitrogens is 2. The summed E-state index contributed by atoms with van der Waals surface area (Å²) in [5.41, 5.74) is 2.06. The molecule has 0 aliphatic heterocycles. The molecule has 1 heterocycles. The quantitative estimate of drug-likeness (QED) is 0.551. The van der Waals surface area contributed by atoms with Crippen molar-refractivity contribution in [3.8, 4) is 34.3 Å². The van der Waals surface area contributed by atoms with Gasteiger partial charge in [-0.05, 0) is 52.7 Å². The number of hydrogen-bond donors (Lipinski definition) is 2. The second kappa shape index (κ2) is 7.44. The normalized spacial score (nSPS) is 10.5. The number of nitrogens with zero attached hydrogens (tertiary/aromatic N) is 1. The molecule has 0 fully saturated rings. The molecule has 128 valence electrons. The Labute approximate surface area is 154 Å². The third-order valence-electron chi connectivity index (χ3n) is 3.38. The molecule has 5 nitrogen and oxygen atoms in total. The molecule has 3 rings (SSSR count). The van der Waals surface area contributed by atoms with Crippen LogP contribution >= 0.6 is 15.9 Å². The van der Waals surface area contributed by atoms with Crippen molar-refractivity contribution in [2.24, 2.45) is 0 Å². The van der Waals surface area contributed by atoms with Gasteiger partial charge in [-0.1, -0.05) is 18.7 Å². The van der Waals surface area contributed by atoms with Crippen LogP contribution in [0.4, 0.5) is 0 Å². The maximum Gasteiger partial charge on any atom is 0.173 e. The van der Waals surface area contributed by atoms with Gasteiger partial charge in [-0.2, -0.15) is 5.10 Å². The van der Waals surface area contributed by atoms with Crippen molar-refractivity contribution in [2.45, 2.75) is 6.92 Å². The summed E-state index contributed by atoms with van der Waals surface area (Å²) < 4.78 is 12.3. The van der Waals surface area contributed by atoms with Gasteiger partial charge < -0.3 is 14.6 Å². The molecule has 0 unspecified atom stereocenters. The molecule has 0 saturated heterocycles. The van der Waals surface area contributed by atoms with Crippen LogP contribution in [0.1, 0.15) is 6.92 Å². The third kappa shape index (κ3) is 4.03. The zero-order valence-corrected chi connectivity index (χ0v) is 15.2. The van der Waals surface area contributed by atoms with Gasteiger partial charge in [0.05, 0.1) is 10.7 Å². The van der Waals surface area contributed by atoms with E-state index in [9.17, 15) is 5.11 Å². The Hall–Kier alpha value is -2.73. The van der Waals surface area contributed by atoms with E-state index in [1.807, 2.05) is 31.2 Å². The molecule has 2 N–H and O–H groups in total. The van der Waals surface area contributed by atoms with E-state index in [2.05, 4.69) is 32.7 Å². The van der Waals surface area contributed by atoms with E-state index in [1.54, 1.807) is 24.4 Å². The first-order chi connectivity index (χ1) is 12.0. The highest BCUT2D eigenvalue weighted by Gasteiger charge is 2.15. The van der Waals surface area contributed by atoms with E-state index >= 15 is 0 Å². The summed E-state index contributed by atoms with van der Waals surface area (Å²) in [4.78, 5) is 0. The third-order valence-corrected chi connectivity index (χ3v) is 4.04. The first-order valence-corrected chi connectivity index (χ1v) is 8.40. The summed E-state index contributed by atoms with van der Waals surface area (Å²) in [6, 6.07) is 12.6. The van der Waals surface area contributed by atoms with Gasteiger partial charge in [-0.25, -0.2) is 0 Å². The highest BCUT2D eigenvalue weighted by atomic mass is 79.9. The van der Waals surface area contributed by atoms with Crippen LogP contribution in [0.3, 0.4) is 0 Å². The van der Waals surface area contributed by atoms with Crippen LogP contribution in [0, 0.1) is 0 Å². The number of rotatable bonds is 6. The smallest absolute Gasteiger partial charge is 0.173 e. The lowest BCUT2D eigenvalue weighted by atomic mass is 10.1. The van der Waals surface area contributed by atoms with Crippen molar-refractivity contribution in [1.29, 1.82) is 0 Å². The Morgan fingerprint density at radius 2 is 2.04 bits per heavy atom. The summed E-state index contributed by atoms with van der Waals surface area (Å²) in [5.74, 6) is 1.81. The second-order valence-corrected chi connectivity index (χ2v) is 6.42. The Morgan fingerprint density at radius 3 is 2.76 bits per heavy atom. The molecule has 25 heavy (non-hydrogen) atoms.